The molecule has 0 unspecified atom stereocenters. The molecule has 2 N–H and O–H groups in total. The highest BCUT2D eigenvalue weighted by atomic mass is 16.1. The van der Waals surface area contributed by atoms with Crippen molar-refractivity contribution in [3.05, 3.63) is 29.3 Å². The van der Waals surface area contributed by atoms with Crippen molar-refractivity contribution in [1.29, 1.82) is 0 Å². The van der Waals surface area contributed by atoms with Gasteiger partial charge in [-0.3, -0.25) is 4.79 Å². The second-order valence-corrected chi connectivity index (χ2v) is 5.29. The normalized spacial score (nSPS) is 16.4. The van der Waals surface area contributed by atoms with Gasteiger partial charge in [0.2, 0.25) is 0 Å². The summed E-state index contributed by atoms with van der Waals surface area (Å²) in [5.41, 5.74) is 3.07. The molecule has 1 saturated carbocycles. The van der Waals surface area contributed by atoms with E-state index in [9.17, 15) is 4.79 Å². The summed E-state index contributed by atoms with van der Waals surface area (Å²) in [7, 11) is 1.84. The molecule has 1 aliphatic carbocycles. The molecule has 17 heavy (non-hydrogen) atoms. The van der Waals surface area contributed by atoms with E-state index in [1.165, 1.54) is 12.8 Å². The number of hydrogen-bond acceptors (Lipinski definition) is 2. The minimum Gasteiger partial charge on any atom is -0.387 e. The molecule has 0 bridgehead atoms. The topological polar surface area (TPSA) is 41.1 Å². The van der Waals surface area contributed by atoms with Crippen LogP contribution in [0.5, 0.6) is 0 Å². The Hall–Kier alpha value is -1.51. The molecular weight excluding hydrogens is 212 g/mol. The van der Waals surface area contributed by atoms with Gasteiger partial charge < -0.3 is 10.6 Å². The Kier molecular flexibility index (Phi) is 3.09. The SMILES string of the molecule is CNc1ccc(C)cc1C(=O)NCC1(C)CC1. The van der Waals surface area contributed by atoms with Gasteiger partial charge in [0.15, 0.2) is 0 Å². The first-order valence-electron chi connectivity index (χ1n) is 6.11. The van der Waals surface area contributed by atoms with Crippen LogP contribution >= 0.6 is 0 Å². The quantitative estimate of drug-likeness (QED) is 0.837. The molecule has 0 spiro atoms. The van der Waals surface area contributed by atoms with E-state index in [1.807, 2.05) is 32.2 Å². The van der Waals surface area contributed by atoms with Crippen molar-refractivity contribution < 1.29 is 4.79 Å². The fourth-order valence-electron chi connectivity index (χ4n) is 1.84. The molecule has 92 valence electrons. The zero-order valence-electron chi connectivity index (χ0n) is 10.8. The third-order valence-corrected chi connectivity index (χ3v) is 3.47. The maximum atomic E-state index is 12.1. The molecule has 1 aliphatic rings. The van der Waals surface area contributed by atoms with E-state index < -0.39 is 0 Å². The highest BCUT2D eigenvalue weighted by molar-refractivity contribution is 5.99. The molecule has 0 aromatic heterocycles. The van der Waals surface area contributed by atoms with Crippen LogP contribution in [0.15, 0.2) is 18.2 Å². The Bertz CT molecular complexity index is 436. The van der Waals surface area contributed by atoms with Crippen LogP contribution < -0.4 is 10.6 Å². The Morgan fingerprint density at radius 2 is 2.12 bits per heavy atom. The van der Waals surface area contributed by atoms with Gasteiger partial charge in [-0.1, -0.05) is 18.6 Å². The zero-order chi connectivity index (χ0) is 12.5. The molecule has 1 aromatic carbocycles. The van der Waals surface area contributed by atoms with Crippen molar-refractivity contribution in [1.82, 2.24) is 5.32 Å². The number of anilines is 1. The van der Waals surface area contributed by atoms with Gasteiger partial charge in [-0.05, 0) is 37.3 Å². The largest absolute Gasteiger partial charge is 0.387 e. The van der Waals surface area contributed by atoms with E-state index >= 15 is 0 Å². The predicted octanol–water partition coefficient (Wildman–Crippen LogP) is 2.57. The minimum atomic E-state index is 0.0196. The number of aryl methyl sites for hydroxylation is 1. The average Bonchev–Trinajstić information content (AvgIpc) is 3.05. The van der Waals surface area contributed by atoms with E-state index in [1.54, 1.807) is 0 Å². The molecular formula is C14H20N2O. The lowest BCUT2D eigenvalue weighted by Crippen LogP contribution is -2.29. The van der Waals surface area contributed by atoms with Crippen LogP contribution in [0.25, 0.3) is 0 Å². The highest BCUT2D eigenvalue weighted by Gasteiger charge is 2.37. The zero-order valence-corrected chi connectivity index (χ0v) is 10.8. The summed E-state index contributed by atoms with van der Waals surface area (Å²) < 4.78 is 0. The Morgan fingerprint density at radius 3 is 2.71 bits per heavy atom. The molecule has 0 atom stereocenters. The molecule has 0 aliphatic heterocycles. The van der Waals surface area contributed by atoms with Crippen LogP contribution in [-0.2, 0) is 0 Å². The Balaban J connectivity index is 2.09. The Morgan fingerprint density at radius 1 is 1.41 bits per heavy atom. The number of nitrogens with one attached hydrogen (secondary N) is 2. The van der Waals surface area contributed by atoms with Crippen molar-refractivity contribution in [3.8, 4) is 0 Å². The predicted molar refractivity (Wildman–Crippen MR) is 70.4 cm³/mol. The third kappa shape index (κ3) is 2.78. The molecule has 0 radical (unpaired) electrons. The minimum absolute atomic E-state index is 0.0196. The lowest BCUT2D eigenvalue weighted by atomic mass is 10.1. The third-order valence-electron chi connectivity index (χ3n) is 3.47. The lowest BCUT2D eigenvalue weighted by molar-refractivity contribution is 0.0947. The van der Waals surface area contributed by atoms with Crippen LogP contribution in [0, 0.1) is 12.3 Å². The monoisotopic (exact) mass is 232 g/mol. The van der Waals surface area contributed by atoms with Crippen molar-refractivity contribution in [2.24, 2.45) is 5.41 Å². The van der Waals surface area contributed by atoms with Gasteiger partial charge >= 0.3 is 0 Å². The van der Waals surface area contributed by atoms with Gasteiger partial charge in [-0.2, -0.15) is 0 Å². The van der Waals surface area contributed by atoms with Crippen molar-refractivity contribution in [2.75, 3.05) is 18.9 Å². The van der Waals surface area contributed by atoms with Crippen molar-refractivity contribution in [2.45, 2.75) is 26.7 Å². The molecule has 0 heterocycles. The van der Waals surface area contributed by atoms with E-state index in [2.05, 4.69) is 17.6 Å². The number of rotatable bonds is 4. The Labute approximate surface area is 103 Å². The van der Waals surface area contributed by atoms with Gasteiger partial charge in [-0.25, -0.2) is 0 Å². The molecule has 1 amide bonds. The molecule has 3 nitrogen and oxygen atoms in total. The first-order valence-corrected chi connectivity index (χ1v) is 6.11. The van der Waals surface area contributed by atoms with Crippen LogP contribution in [0.2, 0.25) is 0 Å². The standard InChI is InChI=1S/C14H20N2O/c1-10-4-5-12(15-3)11(8-10)13(17)16-9-14(2)6-7-14/h4-5,8,15H,6-7,9H2,1-3H3,(H,16,17). The first kappa shape index (κ1) is 12.0. The first-order chi connectivity index (χ1) is 8.04. The van der Waals surface area contributed by atoms with Crippen molar-refractivity contribution >= 4 is 11.6 Å². The van der Waals surface area contributed by atoms with Crippen LogP contribution in [-0.4, -0.2) is 19.5 Å². The van der Waals surface area contributed by atoms with Crippen molar-refractivity contribution in [3.63, 3.8) is 0 Å². The molecule has 2 rings (SSSR count). The smallest absolute Gasteiger partial charge is 0.253 e. The number of carbonyl (C=O) groups excluding carboxylic acids is 1. The second kappa shape index (κ2) is 4.40. The molecule has 1 aromatic rings. The molecule has 0 saturated heterocycles. The second-order valence-electron chi connectivity index (χ2n) is 5.29. The summed E-state index contributed by atoms with van der Waals surface area (Å²) >= 11 is 0. The van der Waals surface area contributed by atoms with Gasteiger partial charge in [-0.15, -0.1) is 0 Å². The summed E-state index contributed by atoms with van der Waals surface area (Å²) in [6.07, 6.45) is 2.44. The summed E-state index contributed by atoms with van der Waals surface area (Å²) in [6, 6.07) is 5.88. The van der Waals surface area contributed by atoms with E-state index in [4.69, 9.17) is 0 Å². The van der Waals surface area contributed by atoms with E-state index in [0.717, 1.165) is 23.4 Å². The summed E-state index contributed by atoms with van der Waals surface area (Å²) in [5.74, 6) is 0.0196. The average molecular weight is 232 g/mol. The fourth-order valence-corrected chi connectivity index (χ4v) is 1.84. The fraction of sp³-hybridized carbons (Fsp3) is 0.500. The van der Waals surface area contributed by atoms with E-state index in [-0.39, 0.29) is 5.91 Å². The highest BCUT2D eigenvalue weighted by Crippen LogP contribution is 2.44. The number of carbonyl (C=O) groups is 1. The number of benzene rings is 1. The van der Waals surface area contributed by atoms with Crippen LogP contribution in [0.4, 0.5) is 5.69 Å². The molecule has 3 heteroatoms. The number of amides is 1. The van der Waals surface area contributed by atoms with E-state index in [0.29, 0.717) is 5.41 Å². The van der Waals surface area contributed by atoms with Crippen LogP contribution in [0.1, 0.15) is 35.7 Å². The summed E-state index contributed by atoms with van der Waals surface area (Å²) in [6.45, 7) is 4.99. The maximum Gasteiger partial charge on any atom is 0.253 e. The summed E-state index contributed by atoms with van der Waals surface area (Å²) in [5, 5.41) is 6.08. The lowest BCUT2D eigenvalue weighted by Gasteiger charge is -2.13. The molecule has 1 fully saturated rings. The van der Waals surface area contributed by atoms with Gasteiger partial charge in [0.05, 0.1) is 5.56 Å². The van der Waals surface area contributed by atoms with Gasteiger partial charge in [0.25, 0.3) is 5.91 Å². The van der Waals surface area contributed by atoms with Gasteiger partial charge in [0.1, 0.15) is 0 Å². The summed E-state index contributed by atoms with van der Waals surface area (Å²) in [4.78, 5) is 12.1. The number of hydrogen-bond donors (Lipinski definition) is 2. The van der Waals surface area contributed by atoms with Crippen LogP contribution in [0.3, 0.4) is 0 Å². The maximum absolute atomic E-state index is 12.1. The van der Waals surface area contributed by atoms with Gasteiger partial charge in [0, 0.05) is 19.3 Å².